The quantitative estimate of drug-likeness (QED) is 0.727. The van der Waals surface area contributed by atoms with Crippen LogP contribution in [-0.4, -0.2) is 15.6 Å². The first-order chi connectivity index (χ1) is 5.33. The van der Waals surface area contributed by atoms with Gasteiger partial charge in [-0.15, -0.1) is 0 Å². The highest BCUT2D eigenvalue weighted by Crippen LogP contribution is 1.96. The molecular formula is C10H21NO2. The third-order valence-electron chi connectivity index (χ3n) is 1.13. The van der Waals surface area contributed by atoms with Crippen molar-refractivity contribution in [2.45, 2.75) is 34.8 Å². The van der Waals surface area contributed by atoms with Crippen LogP contribution >= 0.6 is 0 Å². The fourth-order valence-electron chi connectivity index (χ4n) is 0.592. The first kappa shape index (κ1) is 18.0. The first-order valence-electron chi connectivity index (χ1n) is 3.85. The maximum Gasteiger partial charge on any atom is 0.0852 e. The number of aliphatic hydroxyl groups is 1. The van der Waals surface area contributed by atoms with Crippen LogP contribution in [0.1, 0.15) is 32.5 Å². The Kier molecular flexibility index (Phi) is 15.3. The van der Waals surface area contributed by atoms with Gasteiger partial charge in [-0.05, 0) is 18.6 Å². The van der Waals surface area contributed by atoms with E-state index in [1.165, 1.54) is 0 Å². The molecule has 0 spiro atoms. The van der Waals surface area contributed by atoms with E-state index in [2.05, 4.69) is 4.98 Å². The Morgan fingerprint density at radius 3 is 2.15 bits per heavy atom. The summed E-state index contributed by atoms with van der Waals surface area (Å²) in [6.07, 6.45) is 1.74. The van der Waals surface area contributed by atoms with Crippen molar-refractivity contribution in [2.24, 2.45) is 0 Å². The molecule has 0 saturated carbocycles. The lowest BCUT2D eigenvalue weighted by atomic mass is 10.3. The van der Waals surface area contributed by atoms with E-state index in [1.807, 2.05) is 32.9 Å². The average Bonchev–Trinajstić information content (AvgIpc) is 2.10. The SMILES string of the molecule is C.CC.Cc1ccc(CO)nc1.O. The Bertz CT molecular complexity index is 185. The second-order valence-electron chi connectivity index (χ2n) is 1.99. The van der Waals surface area contributed by atoms with E-state index in [-0.39, 0.29) is 19.5 Å². The van der Waals surface area contributed by atoms with Crippen molar-refractivity contribution >= 4 is 0 Å². The number of pyridine rings is 1. The number of rotatable bonds is 1. The van der Waals surface area contributed by atoms with Crippen LogP contribution in [-0.2, 0) is 6.61 Å². The van der Waals surface area contributed by atoms with Crippen LogP contribution in [0.2, 0.25) is 0 Å². The van der Waals surface area contributed by atoms with Crippen LogP contribution in [0.5, 0.6) is 0 Å². The fourth-order valence-corrected chi connectivity index (χ4v) is 0.592. The molecular weight excluding hydrogens is 166 g/mol. The van der Waals surface area contributed by atoms with E-state index in [9.17, 15) is 0 Å². The molecule has 1 heterocycles. The molecule has 1 aromatic heterocycles. The minimum atomic E-state index is 0. The monoisotopic (exact) mass is 187 g/mol. The highest BCUT2D eigenvalue weighted by molar-refractivity contribution is 5.11. The van der Waals surface area contributed by atoms with Gasteiger partial charge in [0.05, 0.1) is 12.3 Å². The zero-order valence-corrected chi connectivity index (χ0v) is 7.83. The molecule has 0 aliphatic carbocycles. The van der Waals surface area contributed by atoms with Gasteiger partial charge in [0.1, 0.15) is 0 Å². The lowest BCUT2D eigenvalue weighted by molar-refractivity contribution is 0.277. The molecule has 0 saturated heterocycles. The lowest BCUT2D eigenvalue weighted by Crippen LogP contribution is -1.87. The molecule has 3 heteroatoms. The lowest BCUT2D eigenvalue weighted by Gasteiger charge is -1.93. The third-order valence-corrected chi connectivity index (χ3v) is 1.13. The third kappa shape index (κ3) is 7.43. The minimum Gasteiger partial charge on any atom is -0.412 e. The summed E-state index contributed by atoms with van der Waals surface area (Å²) < 4.78 is 0. The Labute approximate surface area is 80.8 Å². The summed E-state index contributed by atoms with van der Waals surface area (Å²) in [5, 5.41) is 8.57. The van der Waals surface area contributed by atoms with Gasteiger partial charge < -0.3 is 10.6 Å². The summed E-state index contributed by atoms with van der Waals surface area (Å²) in [5.74, 6) is 0. The normalized spacial score (nSPS) is 7.08. The van der Waals surface area contributed by atoms with Crippen LogP contribution in [0.3, 0.4) is 0 Å². The summed E-state index contributed by atoms with van der Waals surface area (Å²) in [6, 6.07) is 3.74. The molecule has 0 atom stereocenters. The Hall–Kier alpha value is -0.930. The molecule has 1 aromatic rings. The maximum absolute atomic E-state index is 8.57. The summed E-state index contributed by atoms with van der Waals surface area (Å²) in [4.78, 5) is 3.95. The highest BCUT2D eigenvalue weighted by atomic mass is 16.3. The molecule has 3 nitrogen and oxygen atoms in total. The standard InChI is InChI=1S/C7H9NO.C2H6.CH4.H2O/c1-6-2-3-7(5-9)8-4-6;1-2;;/h2-4,9H,5H2,1H3;1-2H3;1H4;1H2. The Morgan fingerprint density at radius 1 is 1.31 bits per heavy atom. The summed E-state index contributed by atoms with van der Waals surface area (Å²) >= 11 is 0. The predicted molar refractivity (Wildman–Crippen MR) is 56.6 cm³/mol. The molecule has 13 heavy (non-hydrogen) atoms. The largest absolute Gasteiger partial charge is 0.412 e. The summed E-state index contributed by atoms with van der Waals surface area (Å²) in [7, 11) is 0. The van der Waals surface area contributed by atoms with Gasteiger partial charge in [-0.3, -0.25) is 4.98 Å². The number of nitrogens with zero attached hydrogens (tertiary/aromatic N) is 1. The molecule has 78 valence electrons. The molecule has 0 fully saturated rings. The maximum atomic E-state index is 8.57. The van der Waals surface area contributed by atoms with E-state index in [0.29, 0.717) is 0 Å². The van der Waals surface area contributed by atoms with Crippen LogP contribution in [0.25, 0.3) is 0 Å². The van der Waals surface area contributed by atoms with Crippen LogP contribution < -0.4 is 0 Å². The van der Waals surface area contributed by atoms with Crippen molar-refractivity contribution in [3.05, 3.63) is 29.6 Å². The fraction of sp³-hybridized carbons (Fsp3) is 0.500. The van der Waals surface area contributed by atoms with Gasteiger partial charge in [0.15, 0.2) is 0 Å². The van der Waals surface area contributed by atoms with Crippen LogP contribution in [0, 0.1) is 6.92 Å². The van der Waals surface area contributed by atoms with Crippen LogP contribution in [0.15, 0.2) is 18.3 Å². The molecule has 0 aliphatic heterocycles. The van der Waals surface area contributed by atoms with Crippen molar-refractivity contribution in [1.29, 1.82) is 0 Å². The first-order valence-corrected chi connectivity index (χ1v) is 3.85. The molecule has 0 amide bonds. The van der Waals surface area contributed by atoms with Crippen LogP contribution in [0.4, 0.5) is 0 Å². The predicted octanol–water partition coefficient (Wildman–Crippen LogP) is 1.72. The van der Waals surface area contributed by atoms with Crippen molar-refractivity contribution in [3.63, 3.8) is 0 Å². The van der Waals surface area contributed by atoms with E-state index in [1.54, 1.807) is 6.20 Å². The van der Waals surface area contributed by atoms with Gasteiger partial charge in [-0.1, -0.05) is 27.3 Å². The Balaban J connectivity index is -0.000000234. The zero-order valence-electron chi connectivity index (χ0n) is 7.83. The summed E-state index contributed by atoms with van der Waals surface area (Å²) in [5.41, 5.74) is 1.84. The number of hydrogen-bond donors (Lipinski definition) is 1. The van der Waals surface area contributed by atoms with E-state index < -0.39 is 0 Å². The van der Waals surface area contributed by atoms with Gasteiger partial charge in [-0.2, -0.15) is 0 Å². The van der Waals surface area contributed by atoms with Gasteiger partial charge in [-0.25, -0.2) is 0 Å². The minimum absolute atomic E-state index is 0. The van der Waals surface area contributed by atoms with Gasteiger partial charge in [0.2, 0.25) is 0 Å². The second kappa shape index (κ2) is 11.1. The molecule has 0 aromatic carbocycles. The highest BCUT2D eigenvalue weighted by Gasteiger charge is 1.87. The zero-order chi connectivity index (χ0) is 8.69. The van der Waals surface area contributed by atoms with Crippen molar-refractivity contribution < 1.29 is 10.6 Å². The topological polar surface area (TPSA) is 64.6 Å². The van der Waals surface area contributed by atoms with Gasteiger partial charge >= 0.3 is 0 Å². The van der Waals surface area contributed by atoms with Crippen molar-refractivity contribution in [1.82, 2.24) is 4.98 Å². The van der Waals surface area contributed by atoms with E-state index in [4.69, 9.17) is 5.11 Å². The van der Waals surface area contributed by atoms with Crippen molar-refractivity contribution in [2.75, 3.05) is 0 Å². The summed E-state index contributed by atoms with van der Waals surface area (Å²) in [6.45, 7) is 5.99. The molecule has 0 bridgehead atoms. The number of aliphatic hydroxyl groups excluding tert-OH is 1. The molecule has 0 aliphatic rings. The molecule has 3 N–H and O–H groups in total. The van der Waals surface area contributed by atoms with Crippen molar-refractivity contribution in [3.8, 4) is 0 Å². The van der Waals surface area contributed by atoms with Gasteiger partial charge in [0.25, 0.3) is 0 Å². The number of aromatic nitrogens is 1. The number of aryl methyl sites for hydroxylation is 1. The number of hydrogen-bond acceptors (Lipinski definition) is 2. The average molecular weight is 187 g/mol. The van der Waals surface area contributed by atoms with E-state index >= 15 is 0 Å². The molecule has 1 rings (SSSR count). The second-order valence-corrected chi connectivity index (χ2v) is 1.99. The smallest absolute Gasteiger partial charge is 0.0852 e. The van der Waals surface area contributed by atoms with E-state index in [0.717, 1.165) is 11.3 Å². The Morgan fingerprint density at radius 2 is 1.85 bits per heavy atom. The van der Waals surface area contributed by atoms with Gasteiger partial charge in [0, 0.05) is 6.20 Å². The molecule has 0 radical (unpaired) electrons. The molecule has 0 unspecified atom stereocenters.